The Labute approximate surface area is 94.7 Å². The molecule has 0 aromatic carbocycles. The molecule has 0 radical (unpaired) electrons. The maximum atomic E-state index is 12.0. The molecule has 0 bridgehead atoms. The summed E-state index contributed by atoms with van der Waals surface area (Å²) in [6.45, 7) is 2.82. The van der Waals surface area contributed by atoms with Crippen LogP contribution in [0.3, 0.4) is 0 Å². The number of anilines is 1. The standard InChI is InChI=1S/C11H16N4O/c1-11(4-2-3-5-14-11)10(16)15-9-8-12-6-7-13-9/h6-8,14H,2-5H2,1H3,(H,13,15,16). The first-order chi connectivity index (χ1) is 7.71. The highest BCUT2D eigenvalue weighted by atomic mass is 16.2. The van der Waals surface area contributed by atoms with E-state index in [1.807, 2.05) is 6.92 Å². The van der Waals surface area contributed by atoms with E-state index in [9.17, 15) is 4.79 Å². The highest BCUT2D eigenvalue weighted by Crippen LogP contribution is 2.20. The van der Waals surface area contributed by atoms with Gasteiger partial charge in [-0.25, -0.2) is 4.98 Å². The van der Waals surface area contributed by atoms with Crippen molar-refractivity contribution in [3.05, 3.63) is 18.6 Å². The zero-order valence-corrected chi connectivity index (χ0v) is 9.36. The van der Waals surface area contributed by atoms with Crippen molar-refractivity contribution >= 4 is 11.7 Å². The number of piperidine rings is 1. The summed E-state index contributed by atoms with van der Waals surface area (Å²) < 4.78 is 0. The van der Waals surface area contributed by atoms with Gasteiger partial charge in [-0.3, -0.25) is 9.78 Å². The summed E-state index contributed by atoms with van der Waals surface area (Å²) in [5, 5.41) is 6.03. The van der Waals surface area contributed by atoms with Crippen LogP contribution in [0, 0.1) is 0 Å². The largest absolute Gasteiger partial charge is 0.308 e. The van der Waals surface area contributed by atoms with Gasteiger partial charge in [0.2, 0.25) is 5.91 Å². The number of nitrogens with one attached hydrogen (secondary N) is 2. The summed E-state index contributed by atoms with van der Waals surface area (Å²) in [6.07, 6.45) is 7.76. The number of carbonyl (C=O) groups is 1. The molecule has 1 unspecified atom stereocenters. The Morgan fingerprint density at radius 3 is 3.00 bits per heavy atom. The van der Waals surface area contributed by atoms with Crippen LogP contribution >= 0.6 is 0 Å². The molecule has 16 heavy (non-hydrogen) atoms. The molecule has 86 valence electrons. The predicted molar refractivity (Wildman–Crippen MR) is 60.9 cm³/mol. The number of nitrogens with zero attached hydrogens (tertiary/aromatic N) is 2. The van der Waals surface area contributed by atoms with Gasteiger partial charge >= 0.3 is 0 Å². The van der Waals surface area contributed by atoms with Crippen LogP contribution in [-0.2, 0) is 4.79 Å². The molecule has 0 saturated carbocycles. The van der Waals surface area contributed by atoms with Gasteiger partial charge in [-0.2, -0.15) is 0 Å². The van der Waals surface area contributed by atoms with E-state index in [1.165, 1.54) is 0 Å². The third kappa shape index (κ3) is 2.36. The SMILES string of the molecule is CC1(C(=O)Nc2cnccn2)CCCCN1. The Morgan fingerprint density at radius 1 is 1.50 bits per heavy atom. The Kier molecular flexibility index (Phi) is 3.14. The van der Waals surface area contributed by atoms with Gasteiger partial charge in [-0.15, -0.1) is 0 Å². The van der Waals surface area contributed by atoms with E-state index >= 15 is 0 Å². The molecule has 2 heterocycles. The molecule has 0 aliphatic carbocycles. The summed E-state index contributed by atoms with van der Waals surface area (Å²) in [5.41, 5.74) is -0.476. The predicted octanol–water partition coefficient (Wildman–Crippen LogP) is 0.947. The van der Waals surface area contributed by atoms with Crippen molar-refractivity contribution in [3.8, 4) is 0 Å². The van der Waals surface area contributed by atoms with E-state index < -0.39 is 5.54 Å². The fraction of sp³-hybridized carbons (Fsp3) is 0.545. The lowest BCUT2D eigenvalue weighted by atomic mass is 9.90. The number of amides is 1. The maximum absolute atomic E-state index is 12.0. The molecule has 1 aliphatic heterocycles. The lowest BCUT2D eigenvalue weighted by Crippen LogP contribution is -2.54. The molecular weight excluding hydrogens is 204 g/mol. The molecule has 1 saturated heterocycles. The first-order valence-electron chi connectivity index (χ1n) is 5.53. The Hall–Kier alpha value is -1.49. The fourth-order valence-electron chi connectivity index (χ4n) is 1.87. The molecule has 1 fully saturated rings. The molecule has 2 rings (SSSR count). The zero-order valence-electron chi connectivity index (χ0n) is 9.36. The number of hydrogen-bond acceptors (Lipinski definition) is 4. The molecule has 0 spiro atoms. The van der Waals surface area contributed by atoms with Gasteiger partial charge in [0.15, 0.2) is 5.82 Å². The van der Waals surface area contributed by atoms with E-state index in [-0.39, 0.29) is 5.91 Å². The molecule has 5 nitrogen and oxygen atoms in total. The summed E-state index contributed by atoms with van der Waals surface area (Å²) >= 11 is 0. The second-order valence-corrected chi connectivity index (χ2v) is 4.26. The minimum Gasteiger partial charge on any atom is -0.308 e. The van der Waals surface area contributed by atoms with Crippen LogP contribution in [0.4, 0.5) is 5.82 Å². The van der Waals surface area contributed by atoms with Crippen LogP contribution in [0.25, 0.3) is 0 Å². The first-order valence-corrected chi connectivity index (χ1v) is 5.53. The van der Waals surface area contributed by atoms with Gasteiger partial charge in [0.25, 0.3) is 0 Å². The van der Waals surface area contributed by atoms with E-state index in [2.05, 4.69) is 20.6 Å². The van der Waals surface area contributed by atoms with Crippen molar-refractivity contribution in [3.63, 3.8) is 0 Å². The smallest absolute Gasteiger partial charge is 0.245 e. The van der Waals surface area contributed by atoms with E-state index in [0.29, 0.717) is 5.82 Å². The van der Waals surface area contributed by atoms with Gasteiger partial charge in [-0.1, -0.05) is 0 Å². The van der Waals surface area contributed by atoms with Crippen molar-refractivity contribution in [1.82, 2.24) is 15.3 Å². The Bertz CT molecular complexity index is 360. The van der Waals surface area contributed by atoms with Gasteiger partial charge in [-0.05, 0) is 32.7 Å². The van der Waals surface area contributed by atoms with Crippen molar-refractivity contribution in [2.75, 3.05) is 11.9 Å². The van der Waals surface area contributed by atoms with E-state index in [0.717, 1.165) is 25.8 Å². The average molecular weight is 220 g/mol. The summed E-state index contributed by atoms with van der Waals surface area (Å²) in [6, 6.07) is 0. The molecule has 5 heteroatoms. The normalized spacial score (nSPS) is 25.1. The van der Waals surface area contributed by atoms with E-state index in [4.69, 9.17) is 0 Å². The molecule has 1 aromatic heterocycles. The third-order valence-electron chi connectivity index (χ3n) is 2.92. The number of carbonyl (C=O) groups excluding carboxylic acids is 1. The van der Waals surface area contributed by atoms with E-state index in [1.54, 1.807) is 18.6 Å². The van der Waals surface area contributed by atoms with Crippen molar-refractivity contribution in [1.29, 1.82) is 0 Å². The molecule has 2 N–H and O–H groups in total. The highest BCUT2D eigenvalue weighted by Gasteiger charge is 2.34. The van der Waals surface area contributed by atoms with Gasteiger partial charge in [0.1, 0.15) is 0 Å². The first kappa shape index (κ1) is 11.0. The molecular formula is C11H16N4O. The molecule has 1 amide bonds. The summed E-state index contributed by atoms with van der Waals surface area (Å²) in [4.78, 5) is 20.0. The summed E-state index contributed by atoms with van der Waals surface area (Å²) in [7, 11) is 0. The lowest BCUT2D eigenvalue weighted by molar-refractivity contribution is -0.122. The van der Waals surface area contributed by atoms with Crippen LogP contribution in [0.15, 0.2) is 18.6 Å². The second-order valence-electron chi connectivity index (χ2n) is 4.26. The minimum atomic E-state index is -0.476. The number of hydrogen-bond donors (Lipinski definition) is 2. The maximum Gasteiger partial charge on any atom is 0.245 e. The quantitative estimate of drug-likeness (QED) is 0.778. The Balaban J connectivity index is 2.02. The average Bonchev–Trinajstić information content (AvgIpc) is 2.31. The zero-order chi connectivity index (χ0) is 11.4. The second kappa shape index (κ2) is 4.57. The topological polar surface area (TPSA) is 66.9 Å². The lowest BCUT2D eigenvalue weighted by Gasteiger charge is -2.33. The molecule has 1 aromatic rings. The third-order valence-corrected chi connectivity index (χ3v) is 2.92. The number of rotatable bonds is 2. The molecule has 1 atom stereocenters. The highest BCUT2D eigenvalue weighted by molar-refractivity contribution is 5.97. The minimum absolute atomic E-state index is 0.0345. The van der Waals surface area contributed by atoms with Crippen LogP contribution in [-0.4, -0.2) is 28.0 Å². The number of aromatic nitrogens is 2. The van der Waals surface area contributed by atoms with Gasteiger partial charge < -0.3 is 10.6 Å². The summed E-state index contributed by atoms with van der Waals surface area (Å²) in [5.74, 6) is 0.466. The molecule has 1 aliphatic rings. The van der Waals surface area contributed by atoms with Crippen LogP contribution in [0.2, 0.25) is 0 Å². The monoisotopic (exact) mass is 220 g/mol. The van der Waals surface area contributed by atoms with Gasteiger partial charge in [0.05, 0.1) is 11.7 Å². The van der Waals surface area contributed by atoms with Crippen molar-refractivity contribution < 1.29 is 4.79 Å². The Morgan fingerprint density at radius 2 is 2.38 bits per heavy atom. The van der Waals surface area contributed by atoms with Crippen LogP contribution in [0.1, 0.15) is 26.2 Å². The van der Waals surface area contributed by atoms with Gasteiger partial charge in [0, 0.05) is 12.4 Å². The van der Waals surface area contributed by atoms with Crippen molar-refractivity contribution in [2.45, 2.75) is 31.7 Å². The fourth-order valence-corrected chi connectivity index (χ4v) is 1.87. The van der Waals surface area contributed by atoms with Crippen molar-refractivity contribution in [2.24, 2.45) is 0 Å². The van der Waals surface area contributed by atoms with Crippen LogP contribution < -0.4 is 10.6 Å². The van der Waals surface area contributed by atoms with Crippen LogP contribution in [0.5, 0.6) is 0 Å².